The van der Waals surface area contributed by atoms with E-state index in [4.69, 9.17) is 4.42 Å². The zero-order chi connectivity index (χ0) is 19.2. The maximum Gasteiger partial charge on any atom is 0.322 e. The smallest absolute Gasteiger partial charge is 0.322 e. The molecule has 27 heavy (non-hydrogen) atoms. The molecular weight excluding hydrogens is 373 g/mol. The normalized spacial score (nSPS) is 20.9. The lowest BCUT2D eigenvalue weighted by molar-refractivity contribution is -0.140. The molecule has 2 aromatic carbocycles. The van der Waals surface area contributed by atoms with Crippen molar-refractivity contribution in [3.8, 4) is 0 Å². The number of nitrogens with zero attached hydrogens (tertiary/aromatic N) is 1. The Bertz CT molecular complexity index is 1110. The molecule has 1 aliphatic rings. The van der Waals surface area contributed by atoms with E-state index >= 15 is 0 Å². The summed E-state index contributed by atoms with van der Waals surface area (Å²) in [6, 6.07) is 12.9. The molecule has 1 aromatic heterocycles. The van der Waals surface area contributed by atoms with E-state index in [-0.39, 0.29) is 29.6 Å². The van der Waals surface area contributed by atoms with Crippen LogP contribution in [0.4, 0.5) is 4.39 Å². The summed E-state index contributed by atoms with van der Waals surface area (Å²) in [6.45, 7) is 0.0364. The summed E-state index contributed by atoms with van der Waals surface area (Å²) >= 11 is 0. The number of sulfonamides is 1. The lowest BCUT2D eigenvalue weighted by atomic mass is 9.96. The predicted molar refractivity (Wildman–Crippen MR) is 95.3 cm³/mol. The van der Waals surface area contributed by atoms with Crippen LogP contribution in [0.2, 0.25) is 0 Å². The van der Waals surface area contributed by atoms with Crippen molar-refractivity contribution in [3.05, 3.63) is 66.0 Å². The summed E-state index contributed by atoms with van der Waals surface area (Å²) in [5.74, 6) is -1.95. The first-order valence-corrected chi connectivity index (χ1v) is 9.79. The molecule has 0 radical (unpaired) electrons. The first kappa shape index (κ1) is 17.7. The van der Waals surface area contributed by atoms with E-state index < -0.39 is 27.9 Å². The van der Waals surface area contributed by atoms with Gasteiger partial charge in [0.15, 0.2) is 0 Å². The Balaban J connectivity index is 1.73. The van der Waals surface area contributed by atoms with Gasteiger partial charge in [-0.15, -0.1) is 0 Å². The number of rotatable bonds is 4. The number of carboxylic acids is 1. The molecule has 1 fully saturated rings. The lowest BCUT2D eigenvalue weighted by Crippen LogP contribution is -2.40. The van der Waals surface area contributed by atoms with Gasteiger partial charge >= 0.3 is 5.97 Å². The predicted octanol–water partition coefficient (Wildman–Crippen LogP) is 3.20. The molecule has 2 heterocycles. The zero-order valence-electron chi connectivity index (χ0n) is 14.1. The van der Waals surface area contributed by atoms with Crippen molar-refractivity contribution >= 4 is 27.0 Å². The molecule has 1 saturated heterocycles. The summed E-state index contributed by atoms with van der Waals surface area (Å²) in [6.07, 6.45) is 0.174. The fourth-order valence-corrected chi connectivity index (χ4v) is 5.08. The van der Waals surface area contributed by atoms with Gasteiger partial charge < -0.3 is 9.52 Å². The third-order valence-electron chi connectivity index (χ3n) is 4.83. The second-order valence-corrected chi connectivity index (χ2v) is 8.34. The number of carboxylic acid groups (broad SMARTS) is 1. The summed E-state index contributed by atoms with van der Waals surface area (Å²) in [5.41, 5.74) is 1.11. The highest BCUT2D eigenvalue weighted by Crippen LogP contribution is 2.37. The van der Waals surface area contributed by atoms with Crippen molar-refractivity contribution in [2.75, 3.05) is 6.54 Å². The van der Waals surface area contributed by atoms with E-state index in [0.717, 1.165) is 9.87 Å². The van der Waals surface area contributed by atoms with Gasteiger partial charge in [0, 0.05) is 18.0 Å². The monoisotopic (exact) mass is 389 g/mol. The van der Waals surface area contributed by atoms with Gasteiger partial charge in [-0.2, -0.15) is 4.31 Å². The Hall–Kier alpha value is -2.71. The van der Waals surface area contributed by atoms with Crippen molar-refractivity contribution < 1.29 is 27.1 Å². The van der Waals surface area contributed by atoms with Crippen LogP contribution >= 0.6 is 0 Å². The Morgan fingerprint density at radius 2 is 1.89 bits per heavy atom. The van der Waals surface area contributed by atoms with Crippen LogP contribution < -0.4 is 0 Å². The standard InChI is InChI=1S/C19H16FNO5S/c20-15-6-7-17-13(8-15)10-18(26-17)27(24,25)21-11-14(9-16(21)19(22)23)12-4-2-1-3-5-12/h1-8,10,14,16H,9,11H2,(H,22,23)/t14-,16+/m1/s1. The number of benzene rings is 2. The number of halogens is 1. The first-order valence-electron chi connectivity index (χ1n) is 8.35. The molecule has 0 aliphatic carbocycles. The van der Waals surface area contributed by atoms with Gasteiger partial charge in [0.05, 0.1) is 0 Å². The number of hydrogen-bond acceptors (Lipinski definition) is 4. The molecule has 0 bridgehead atoms. The van der Waals surface area contributed by atoms with Crippen LogP contribution in [-0.2, 0) is 14.8 Å². The third kappa shape index (κ3) is 3.11. The van der Waals surface area contributed by atoms with Crippen molar-refractivity contribution in [3.63, 3.8) is 0 Å². The van der Waals surface area contributed by atoms with Crippen molar-refractivity contribution in [1.29, 1.82) is 0 Å². The molecule has 6 nitrogen and oxygen atoms in total. The minimum Gasteiger partial charge on any atom is -0.480 e. The van der Waals surface area contributed by atoms with Crippen LogP contribution in [0.25, 0.3) is 11.0 Å². The average Bonchev–Trinajstić information content (AvgIpc) is 3.27. The largest absolute Gasteiger partial charge is 0.480 e. The molecule has 2 atom stereocenters. The van der Waals surface area contributed by atoms with Gasteiger partial charge in [0.25, 0.3) is 10.0 Å². The maximum absolute atomic E-state index is 13.4. The van der Waals surface area contributed by atoms with Crippen LogP contribution in [0.5, 0.6) is 0 Å². The quantitative estimate of drug-likeness (QED) is 0.740. The van der Waals surface area contributed by atoms with E-state index in [9.17, 15) is 22.7 Å². The van der Waals surface area contributed by atoms with Crippen molar-refractivity contribution in [1.82, 2.24) is 4.31 Å². The molecule has 4 rings (SSSR count). The highest BCUT2D eigenvalue weighted by atomic mass is 32.2. The summed E-state index contributed by atoms with van der Waals surface area (Å²) in [7, 11) is -4.19. The van der Waals surface area contributed by atoms with E-state index in [1.807, 2.05) is 30.3 Å². The molecule has 1 aliphatic heterocycles. The second kappa shape index (κ2) is 6.47. The molecular formula is C19H16FNO5S. The molecule has 0 amide bonds. The maximum atomic E-state index is 13.4. The van der Waals surface area contributed by atoms with Gasteiger partial charge in [-0.3, -0.25) is 4.79 Å². The minimum absolute atomic E-state index is 0.0364. The zero-order valence-corrected chi connectivity index (χ0v) is 14.9. The number of fused-ring (bicyclic) bond motifs is 1. The molecule has 3 aromatic rings. The van der Waals surface area contributed by atoms with E-state index in [1.165, 1.54) is 24.3 Å². The molecule has 0 saturated carbocycles. The highest BCUT2D eigenvalue weighted by Gasteiger charge is 2.45. The highest BCUT2D eigenvalue weighted by molar-refractivity contribution is 7.89. The van der Waals surface area contributed by atoms with Gasteiger partial charge in [-0.25, -0.2) is 12.8 Å². The topological polar surface area (TPSA) is 87.8 Å². The van der Waals surface area contributed by atoms with Crippen LogP contribution in [0.3, 0.4) is 0 Å². The first-order chi connectivity index (χ1) is 12.9. The van der Waals surface area contributed by atoms with Crippen LogP contribution in [0.15, 0.2) is 64.1 Å². The van der Waals surface area contributed by atoms with Crippen molar-refractivity contribution in [2.45, 2.75) is 23.5 Å². The van der Waals surface area contributed by atoms with E-state index in [1.54, 1.807) is 0 Å². The van der Waals surface area contributed by atoms with Crippen LogP contribution in [0.1, 0.15) is 17.9 Å². The average molecular weight is 389 g/mol. The lowest BCUT2D eigenvalue weighted by Gasteiger charge is -2.19. The third-order valence-corrected chi connectivity index (χ3v) is 6.56. The molecule has 0 unspecified atom stereocenters. The van der Waals surface area contributed by atoms with E-state index in [0.29, 0.717) is 5.39 Å². The van der Waals surface area contributed by atoms with Crippen LogP contribution in [0, 0.1) is 5.82 Å². The van der Waals surface area contributed by atoms with Crippen molar-refractivity contribution in [2.24, 2.45) is 0 Å². The van der Waals surface area contributed by atoms with Crippen LogP contribution in [-0.4, -0.2) is 36.4 Å². The second-order valence-electron chi connectivity index (χ2n) is 6.52. The van der Waals surface area contributed by atoms with E-state index in [2.05, 4.69) is 0 Å². The number of aliphatic carboxylic acids is 1. The summed E-state index contributed by atoms with van der Waals surface area (Å²) in [5, 5.41) is 9.47. The minimum atomic E-state index is -4.19. The van der Waals surface area contributed by atoms with Gasteiger partial charge in [0.2, 0.25) is 5.09 Å². The molecule has 1 N–H and O–H groups in total. The number of furan rings is 1. The molecule has 8 heteroatoms. The molecule has 140 valence electrons. The SMILES string of the molecule is O=C(O)[C@@H]1C[C@@H](c2ccccc2)CN1S(=O)(=O)c1cc2cc(F)ccc2o1. The molecule has 0 spiro atoms. The summed E-state index contributed by atoms with van der Waals surface area (Å²) in [4.78, 5) is 11.7. The number of hydrogen-bond donors (Lipinski definition) is 1. The Labute approximate surface area is 154 Å². The van der Waals surface area contributed by atoms with Gasteiger partial charge in [-0.05, 0) is 36.1 Å². The number of carbonyl (C=O) groups is 1. The fraction of sp³-hybridized carbons (Fsp3) is 0.211. The Morgan fingerprint density at radius 1 is 1.15 bits per heavy atom. The fourth-order valence-electron chi connectivity index (χ4n) is 3.49. The van der Waals surface area contributed by atoms with Gasteiger partial charge in [0.1, 0.15) is 17.4 Å². The van der Waals surface area contributed by atoms with Gasteiger partial charge in [-0.1, -0.05) is 30.3 Å². The Kier molecular flexibility index (Phi) is 4.24. The Morgan fingerprint density at radius 3 is 2.59 bits per heavy atom. The summed E-state index contributed by atoms with van der Waals surface area (Å²) < 4.78 is 45.8.